The van der Waals surface area contributed by atoms with Gasteiger partial charge < -0.3 is 15.5 Å². The smallest absolute Gasteiger partial charge is 0.195 e. The molecule has 28 heavy (non-hydrogen) atoms. The van der Waals surface area contributed by atoms with Gasteiger partial charge in [0.25, 0.3) is 0 Å². The van der Waals surface area contributed by atoms with E-state index < -0.39 is 22.9 Å². The molecule has 1 aromatic heterocycles. The van der Waals surface area contributed by atoms with Gasteiger partial charge in [-0.1, -0.05) is 13.8 Å². The molecule has 0 amide bonds. The van der Waals surface area contributed by atoms with E-state index in [2.05, 4.69) is 19.2 Å². The monoisotopic (exact) mass is 390 g/mol. The van der Waals surface area contributed by atoms with Gasteiger partial charge in [0.1, 0.15) is 17.4 Å². The fourth-order valence-corrected chi connectivity index (χ4v) is 2.99. The summed E-state index contributed by atoms with van der Waals surface area (Å²) in [6.45, 7) is 4.58. The Bertz CT molecular complexity index is 1080. The minimum Gasteiger partial charge on any atom is -0.453 e. The van der Waals surface area contributed by atoms with Gasteiger partial charge in [-0.25, -0.2) is 13.2 Å². The highest BCUT2D eigenvalue weighted by atomic mass is 19.1. The van der Waals surface area contributed by atoms with Crippen molar-refractivity contribution in [2.75, 3.05) is 17.6 Å². The van der Waals surface area contributed by atoms with Gasteiger partial charge >= 0.3 is 0 Å². The lowest BCUT2D eigenvalue weighted by Crippen LogP contribution is -2.11. The van der Waals surface area contributed by atoms with Gasteiger partial charge in [0.15, 0.2) is 16.8 Å². The van der Waals surface area contributed by atoms with Crippen LogP contribution in [-0.2, 0) is 0 Å². The van der Waals surface area contributed by atoms with Crippen LogP contribution in [0.25, 0.3) is 22.3 Å². The Morgan fingerprint density at radius 1 is 1.07 bits per heavy atom. The Kier molecular flexibility index (Phi) is 5.63. The number of fused-ring (bicyclic) bond motifs is 1. The first-order valence-electron chi connectivity index (χ1n) is 9.03. The van der Waals surface area contributed by atoms with Gasteiger partial charge in [0.2, 0.25) is 0 Å². The molecule has 3 aromatic rings. The predicted molar refractivity (Wildman–Crippen MR) is 105 cm³/mol. The molecule has 1 heterocycles. The Hall–Kier alpha value is -2.96. The number of nitrogen functional groups attached to an aromatic ring is 1. The number of halogens is 3. The van der Waals surface area contributed by atoms with E-state index >= 15 is 0 Å². The van der Waals surface area contributed by atoms with Crippen LogP contribution in [0, 0.1) is 23.4 Å². The summed E-state index contributed by atoms with van der Waals surface area (Å²) >= 11 is 0. The summed E-state index contributed by atoms with van der Waals surface area (Å²) in [5, 5.41) is 2.67. The van der Waals surface area contributed by atoms with Crippen LogP contribution in [0.1, 0.15) is 26.7 Å². The van der Waals surface area contributed by atoms with Crippen LogP contribution in [0.5, 0.6) is 0 Å². The molecule has 4 nitrogen and oxygen atoms in total. The van der Waals surface area contributed by atoms with E-state index in [1.165, 1.54) is 12.1 Å². The number of benzene rings is 2. The topological polar surface area (TPSA) is 68.3 Å². The van der Waals surface area contributed by atoms with Crippen LogP contribution in [-0.4, -0.2) is 6.54 Å². The highest BCUT2D eigenvalue weighted by Gasteiger charge is 2.19. The Morgan fingerprint density at radius 3 is 2.50 bits per heavy atom. The quantitative estimate of drug-likeness (QED) is 0.442. The molecule has 0 spiro atoms. The molecular weight excluding hydrogens is 369 g/mol. The number of nitrogens with two attached hydrogens (primary N) is 1. The molecule has 0 aliphatic carbocycles. The third-order valence-corrected chi connectivity index (χ3v) is 4.45. The van der Waals surface area contributed by atoms with Gasteiger partial charge in [-0.05, 0) is 37.0 Å². The lowest BCUT2D eigenvalue weighted by atomic mass is 10.1. The summed E-state index contributed by atoms with van der Waals surface area (Å²) in [6, 6.07) is 5.62. The summed E-state index contributed by atoms with van der Waals surface area (Å²) in [7, 11) is 0. The van der Waals surface area contributed by atoms with E-state index in [1.807, 2.05) is 0 Å². The molecule has 2 aromatic carbocycles. The second-order valence-corrected chi connectivity index (χ2v) is 7.09. The fraction of sp³-hybridized carbons (Fsp3) is 0.286. The number of hydrogen-bond donors (Lipinski definition) is 2. The van der Waals surface area contributed by atoms with Crippen molar-refractivity contribution in [1.29, 1.82) is 0 Å². The first-order chi connectivity index (χ1) is 13.3. The molecule has 0 bridgehead atoms. The normalized spacial score (nSPS) is 11.4. The minimum atomic E-state index is -1.00. The molecule has 7 heteroatoms. The summed E-state index contributed by atoms with van der Waals surface area (Å²) < 4.78 is 47.9. The average Bonchev–Trinajstić information content (AvgIpc) is 2.63. The van der Waals surface area contributed by atoms with Gasteiger partial charge in [-0.15, -0.1) is 0 Å². The van der Waals surface area contributed by atoms with Crippen molar-refractivity contribution < 1.29 is 17.6 Å². The van der Waals surface area contributed by atoms with Gasteiger partial charge in [-0.2, -0.15) is 0 Å². The SMILES string of the molecule is CC(C)CCCNc1c(F)cc(F)c2oc(-c3ccc(N)c(F)c3)cc(=O)c12. The second kappa shape index (κ2) is 7.96. The zero-order chi connectivity index (χ0) is 20.4. The largest absolute Gasteiger partial charge is 0.453 e. The number of hydrogen-bond acceptors (Lipinski definition) is 4. The molecule has 0 atom stereocenters. The van der Waals surface area contributed by atoms with Crippen molar-refractivity contribution in [1.82, 2.24) is 0 Å². The van der Waals surface area contributed by atoms with E-state index in [4.69, 9.17) is 10.2 Å². The third kappa shape index (κ3) is 3.98. The maximum atomic E-state index is 14.3. The Labute approximate surface area is 160 Å². The van der Waals surface area contributed by atoms with E-state index in [9.17, 15) is 18.0 Å². The Morgan fingerprint density at radius 2 is 1.82 bits per heavy atom. The highest BCUT2D eigenvalue weighted by Crippen LogP contribution is 2.31. The standard InChI is InChI=1S/C21H21F3N2O2/c1-11(2)4-3-7-26-20-14(23)9-15(24)21-19(20)17(27)10-18(28-21)12-5-6-16(25)13(22)8-12/h5-6,8-11,26H,3-4,7,25H2,1-2H3. The summed E-state index contributed by atoms with van der Waals surface area (Å²) in [6.07, 6.45) is 1.69. The highest BCUT2D eigenvalue weighted by molar-refractivity contribution is 5.91. The molecule has 148 valence electrons. The first kappa shape index (κ1) is 19.8. The van der Waals surface area contributed by atoms with Crippen LogP contribution in [0.3, 0.4) is 0 Å². The molecular formula is C21H21F3N2O2. The zero-order valence-electron chi connectivity index (χ0n) is 15.6. The summed E-state index contributed by atoms with van der Waals surface area (Å²) in [5.41, 5.74) is 4.51. The van der Waals surface area contributed by atoms with Crippen molar-refractivity contribution >= 4 is 22.3 Å². The Balaban J connectivity index is 2.07. The van der Waals surface area contributed by atoms with Crippen LogP contribution in [0.4, 0.5) is 24.5 Å². The number of anilines is 2. The molecule has 0 radical (unpaired) electrons. The lowest BCUT2D eigenvalue weighted by molar-refractivity contribution is 0.544. The zero-order valence-corrected chi connectivity index (χ0v) is 15.6. The number of rotatable bonds is 6. The molecule has 0 fully saturated rings. The van der Waals surface area contributed by atoms with Crippen molar-refractivity contribution in [3.63, 3.8) is 0 Å². The van der Waals surface area contributed by atoms with Gasteiger partial charge in [0, 0.05) is 24.2 Å². The molecule has 3 rings (SSSR count). The summed E-state index contributed by atoms with van der Waals surface area (Å²) in [4.78, 5) is 12.6. The van der Waals surface area contributed by atoms with Gasteiger partial charge in [0.05, 0.1) is 16.8 Å². The van der Waals surface area contributed by atoms with Crippen LogP contribution < -0.4 is 16.5 Å². The van der Waals surface area contributed by atoms with Crippen LogP contribution in [0.2, 0.25) is 0 Å². The van der Waals surface area contributed by atoms with E-state index in [1.54, 1.807) is 0 Å². The molecule has 0 unspecified atom stereocenters. The van der Waals surface area contributed by atoms with Crippen molar-refractivity contribution in [2.45, 2.75) is 26.7 Å². The second-order valence-electron chi connectivity index (χ2n) is 7.09. The molecule has 0 saturated heterocycles. The van der Waals surface area contributed by atoms with Gasteiger partial charge in [-0.3, -0.25) is 4.79 Å². The molecule has 0 aliphatic heterocycles. The molecule has 3 N–H and O–H groups in total. The van der Waals surface area contributed by atoms with Crippen molar-refractivity contribution in [3.8, 4) is 11.3 Å². The van der Waals surface area contributed by atoms with E-state index in [0.717, 1.165) is 25.0 Å². The van der Waals surface area contributed by atoms with Crippen LogP contribution in [0.15, 0.2) is 39.5 Å². The fourth-order valence-electron chi connectivity index (χ4n) is 2.99. The van der Waals surface area contributed by atoms with Crippen molar-refractivity contribution in [3.05, 3.63) is 58.0 Å². The molecule has 0 aliphatic rings. The van der Waals surface area contributed by atoms with Crippen molar-refractivity contribution in [2.24, 2.45) is 5.92 Å². The first-order valence-corrected chi connectivity index (χ1v) is 9.03. The third-order valence-electron chi connectivity index (χ3n) is 4.45. The lowest BCUT2D eigenvalue weighted by Gasteiger charge is -2.12. The average molecular weight is 390 g/mol. The predicted octanol–water partition coefficient (Wildman–Crippen LogP) is 5.31. The van der Waals surface area contributed by atoms with Crippen LogP contribution >= 0.6 is 0 Å². The minimum absolute atomic E-state index is 0.0346. The maximum Gasteiger partial charge on any atom is 0.195 e. The number of nitrogens with one attached hydrogen (secondary N) is 1. The van der Waals surface area contributed by atoms with E-state index in [-0.39, 0.29) is 33.7 Å². The maximum absolute atomic E-state index is 14.3. The molecule has 0 saturated carbocycles. The van der Waals surface area contributed by atoms with E-state index in [0.29, 0.717) is 18.5 Å². The summed E-state index contributed by atoms with van der Waals surface area (Å²) in [5.74, 6) is -2.10.